The molecule has 1 atom stereocenters. The summed E-state index contributed by atoms with van der Waals surface area (Å²) >= 11 is 6.24. The summed E-state index contributed by atoms with van der Waals surface area (Å²) in [4.78, 5) is 23.9. The highest BCUT2D eigenvalue weighted by molar-refractivity contribution is 6.33. The average Bonchev–Trinajstić information content (AvgIpc) is 3.02. The van der Waals surface area contributed by atoms with Crippen molar-refractivity contribution in [3.05, 3.63) is 75.9 Å². The Balaban J connectivity index is 1.88. The number of carboxylic acids is 1. The van der Waals surface area contributed by atoms with Gasteiger partial charge in [0.25, 0.3) is 5.91 Å². The SMILES string of the molecule is C[C@H](NC(=O)c1c(-c2ccc(C(F)(F)F)cc2)nn(C)c1Cl)c1ccc(C(=O)O)cc1. The number of hydrogen-bond acceptors (Lipinski definition) is 3. The minimum absolute atomic E-state index is 0.0259. The number of carbonyl (C=O) groups excluding carboxylic acids is 1. The number of carbonyl (C=O) groups is 2. The van der Waals surface area contributed by atoms with Crippen molar-refractivity contribution in [2.24, 2.45) is 7.05 Å². The highest BCUT2D eigenvalue weighted by atomic mass is 35.5. The number of carboxylic acid groups (broad SMARTS) is 1. The van der Waals surface area contributed by atoms with Crippen molar-refractivity contribution in [1.82, 2.24) is 15.1 Å². The van der Waals surface area contributed by atoms with Crippen LogP contribution in [-0.4, -0.2) is 26.8 Å². The third-order valence-corrected chi connectivity index (χ3v) is 5.13. The second-order valence-electron chi connectivity index (χ2n) is 6.84. The van der Waals surface area contributed by atoms with Crippen molar-refractivity contribution in [2.75, 3.05) is 0 Å². The Labute approximate surface area is 180 Å². The lowest BCUT2D eigenvalue weighted by Gasteiger charge is -2.15. The van der Waals surface area contributed by atoms with Crippen molar-refractivity contribution >= 4 is 23.5 Å². The molecule has 0 unspecified atom stereocenters. The van der Waals surface area contributed by atoms with Crippen LogP contribution < -0.4 is 5.32 Å². The summed E-state index contributed by atoms with van der Waals surface area (Å²) in [6.45, 7) is 1.70. The maximum Gasteiger partial charge on any atom is 0.416 e. The molecule has 0 aliphatic carbocycles. The number of nitrogens with zero attached hydrogens (tertiary/aromatic N) is 2. The van der Waals surface area contributed by atoms with Crippen LogP contribution in [0.15, 0.2) is 48.5 Å². The first-order valence-corrected chi connectivity index (χ1v) is 9.41. The van der Waals surface area contributed by atoms with Crippen molar-refractivity contribution in [2.45, 2.75) is 19.1 Å². The van der Waals surface area contributed by atoms with Gasteiger partial charge in [0.1, 0.15) is 16.4 Å². The first-order valence-electron chi connectivity index (χ1n) is 9.03. The summed E-state index contributed by atoms with van der Waals surface area (Å²) in [6.07, 6.45) is -4.48. The van der Waals surface area contributed by atoms with E-state index in [1.54, 1.807) is 19.1 Å². The largest absolute Gasteiger partial charge is 0.478 e. The Morgan fingerprint density at radius 3 is 2.19 bits per heavy atom. The predicted molar refractivity (Wildman–Crippen MR) is 108 cm³/mol. The molecule has 0 fully saturated rings. The van der Waals surface area contributed by atoms with Crippen molar-refractivity contribution in [1.29, 1.82) is 0 Å². The molecule has 0 aliphatic heterocycles. The van der Waals surface area contributed by atoms with Gasteiger partial charge in [-0.3, -0.25) is 9.48 Å². The van der Waals surface area contributed by atoms with Gasteiger partial charge in [-0.05, 0) is 36.8 Å². The second-order valence-corrected chi connectivity index (χ2v) is 7.19. The lowest BCUT2D eigenvalue weighted by Crippen LogP contribution is -2.27. The molecule has 3 aromatic rings. The molecular formula is C21H17ClF3N3O3. The molecule has 1 amide bonds. The second kappa shape index (κ2) is 8.43. The van der Waals surface area contributed by atoms with E-state index in [1.165, 1.54) is 36.0 Å². The molecule has 0 bridgehead atoms. The molecule has 1 aromatic heterocycles. The number of amides is 1. The summed E-state index contributed by atoms with van der Waals surface area (Å²) < 4.78 is 39.8. The minimum atomic E-state index is -4.48. The summed E-state index contributed by atoms with van der Waals surface area (Å²) in [6, 6.07) is 9.78. The Hall–Kier alpha value is -3.33. The highest BCUT2D eigenvalue weighted by Crippen LogP contribution is 2.33. The number of rotatable bonds is 5. The number of alkyl halides is 3. The molecule has 2 N–H and O–H groups in total. The zero-order valence-electron chi connectivity index (χ0n) is 16.4. The normalized spacial score (nSPS) is 12.5. The predicted octanol–water partition coefficient (Wildman–Crippen LogP) is 4.95. The Morgan fingerprint density at radius 2 is 1.68 bits per heavy atom. The number of benzene rings is 2. The number of aryl methyl sites for hydroxylation is 1. The number of halogens is 4. The first kappa shape index (κ1) is 22.4. The monoisotopic (exact) mass is 451 g/mol. The summed E-state index contributed by atoms with van der Waals surface area (Å²) in [5, 5.41) is 16.0. The zero-order valence-corrected chi connectivity index (χ0v) is 17.1. The fourth-order valence-corrected chi connectivity index (χ4v) is 3.20. The van der Waals surface area contributed by atoms with E-state index in [4.69, 9.17) is 16.7 Å². The summed E-state index contributed by atoms with van der Waals surface area (Å²) in [7, 11) is 1.51. The van der Waals surface area contributed by atoms with E-state index in [9.17, 15) is 22.8 Å². The van der Waals surface area contributed by atoms with E-state index >= 15 is 0 Å². The quantitative estimate of drug-likeness (QED) is 0.575. The summed E-state index contributed by atoms with van der Waals surface area (Å²) in [5.74, 6) is -1.63. The maximum absolute atomic E-state index is 12.9. The van der Waals surface area contributed by atoms with Crippen LogP contribution in [0.25, 0.3) is 11.3 Å². The van der Waals surface area contributed by atoms with E-state index in [0.717, 1.165) is 12.1 Å². The van der Waals surface area contributed by atoms with Gasteiger partial charge in [-0.1, -0.05) is 35.9 Å². The first-order chi connectivity index (χ1) is 14.5. The van der Waals surface area contributed by atoms with Crippen LogP contribution in [0.4, 0.5) is 13.2 Å². The molecule has 6 nitrogen and oxygen atoms in total. The van der Waals surface area contributed by atoms with E-state index in [-0.39, 0.29) is 22.0 Å². The highest BCUT2D eigenvalue weighted by Gasteiger charge is 2.31. The van der Waals surface area contributed by atoms with Crippen LogP contribution >= 0.6 is 11.6 Å². The fraction of sp³-hybridized carbons (Fsp3) is 0.190. The van der Waals surface area contributed by atoms with Crippen LogP contribution in [0.2, 0.25) is 5.15 Å². The number of aromatic nitrogens is 2. The molecule has 2 aromatic carbocycles. The molecule has 0 radical (unpaired) electrons. The van der Waals surface area contributed by atoms with Gasteiger partial charge in [-0.2, -0.15) is 18.3 Å². The average molecular weight is 452 g/mol. The van der Waals surface area contributed by atoms with Crippen molar-refractivity contribution < 1.29 is 27.9 Å². The van der Waals surface area contributed by atoms with Gasteiger partial charge in [0.15, 0.2) is 0 Å². The Morgan fingerprint density at radius 1 is 1.10 bits per heavy atom. The Bertz CT molecular complexity index is 1120. The molecule has 10 heteroatoms. The van der Waals surface area contributed by atoms with Gasteiger partial charge in [-0.25, -0.2) is 4.79 Å². The van der Waals surface area contributed by atoms with E-state index in [0.29, 0.717) is 11.1 Å². The molecular weight excluding hydrogens is 435 g/mol. The molecule has 0 aliphatic rings. The standard InChI is InChI=1S/C21H17ClF3N3O3/c1-11(12-3-5-14(6-4-12)20(30)31)26-19(29)16-17(27-28(2)18(16)22)13-7-9-15(10-8-13)21(23,24)25/h3-11H,1-2H3,(H,26,29)(H,30,31)/t11-/m0/s1. The van der Waals surface area contributed by atoms with E-state index in [1.807, 2.05) is 0 Å². The zero-order chi connectivity index (χ0) is 22.9. The lowest BCUT2D eigenvalue weighted by molar-refractivity contribution is -0.137. The van der Waals surface area contributed by atoms with Gasteiger partial charge < -0.3 is 10.4 Å². The third-order valence-electron chi connectivity index (χ3n) is 4.70. The summed E-state index contributed by atoms with van der Waals surface area (Å²) in [5.41, 5.74) is 0.434. The van der Waals surface area contributed by atoms with Gasteiger partial charge in [0.05, 0.1) is 17.2 Å². The number of aromatic carboxylic acids is 1. The maximum atomic E-state index is 12.9. The Kier molecular flexibility index (Phi) is 6.08. The van der Waals surface area contributed by atoms with Crippen LogP contribution in [-0.2, 0) is 13.2 Å². The fourth-order valence-electron chi connectivity index (χ4n) is 2.99. The third kappa shape index (κ3) is 4.72. The number of hydrogen-bond donors (Lipinski definition) is 2. The van der Waals surface area contributed by atoms with E-state index in [2.05, 4.69) is 10.4 Å². The minimum Gasteiger partial charge on any atom is -0.478 e. The van der Waals surface area contributed by atoms with Crippen LogP contribution in [0.1, 0.15) is 44.8 Å². The molecule has 31 heavy (non-hydrogen) atoms. The number of nitrogens with one attached hydrogen (secondary N) is 1. The van der Waals surface area contributed by atoms with Crippen LogP contribution in [0.3, 0.4) is 0 Å². The molecule has 0 saturated carbocycles. The molecule has 162 valence electrons. The molecule has 3 rings (SSSR count). The van der Waals surface area contributed by atoms with Crippen molar-refractivity contribution in [3.63, 3.8) is 0 Å². The van der Waals surface area contributed by atoms with Gasteiger partial charge in [0, 0.05) is 12.6 Å². The lowest BCUT2D eigenvalue weighted by atomic mass is 10.0. The molecule has 0 saturated heterocycles. The van der Waals surface area contributed by atoms with Gasteiger partial charge >= 0.3 is 12.1 Å². The van der Waals surface area contributed by atoms with Gasteiger partial charge in [-0.15, -0.1) is 0 Å². The van der Waals surface area contributed by atoms with Crippen molar-refractivity contribution in [3.8, 4) is 11.3 Å². The van der Waals surface area contributed by atoms with Crippen LogP contribution in [0, 0.1) is 0 Å². The molecule has 1 heterocycles. The molecule has 0 spiro atoms. The van der Waals surface area contributed by atoms with E-state index < -0.39 is 29.7 Å². The van der Waals surface area contributed by atoms with Crippen LogP contribution in [0.5, 0.6) is 0 Å². The smallest absolute Gasteiger partial charge is 0.416 e. The topological polar surface area (TPSA) is 84.2 Å². The van der Waals surface area contributed by atoms with Gasteiger partial charge in [0.2, 0.25) is 0 Å².